The van der Waals surface area contributed by atoms with E-state index in [1.165, 1.54) is 44.9 Å². The molecule has 1 N–H and O–H groups in total. The quantitative estimate of drug-likeness (QED) is 0.702. The Morgan fingerprint density at radius 2 is 1.78 bits per heavy atom. The van der Waals surface area contributed by atoms with Crippen LogP contribution in [0.15, 0.2) is 0 Å². The number of hydrogen-bond acceptors (Lipinski definition) is 1. The van der Waals surface area contributed by atoms with E-state index in [4.69, 9.17) is 0 Å². The highest BCUT2D eigenvalue weighted by atomic mass is 14.9. The van der Waals surface area contributed by atoms with Gasteiger partial charge in [-0.3, -0.25) is 0 Å². The summed E-state index contributed by atoms with van der Waals surface area (Å²) in [5, 5.41) is 3.69. The van der Waals surface area contributed by atoms with Crippen LogP contribution in [-0.2, 0) is 0 Å². The molecule has 1 saturated carbocycles. The van der Waals surface area contributed by atoms with Crippen LogP contribution in [0.4, 0.5) is 0 Å². The van der Waals surface area contributed by atoms with Crippen molar-refractivity contribution in [2.45, 2.75) is 85.6 Å². The minimum absolute atomic E-state index is 0.398. The Balaban J connectivity index is 2.37. The van der Waals surface area contributed by atoms with E-state index in [0.717, 1.165) is 18.4 Å². The monoisotopic (exact) mass is 253 g/mol. The van der Waals surface area contributed by atoms with E-state index in [0.29, 0.717) is 11.5 Å². The van der Waals surface area contributed by atoms with Gasteiger partial charge in [0, 0.05) is 6.04 Å². The predicted molar refractivity (Wildman–Crippen MR) is 81.9 cm³/mol. The molecule has 3 atom stereocenters. The van der Waals surface area contributed by atoms with Crippen molar-refractivity contribution in [1.29, 1.82) is 0 Å². The summed E-state index contributed by atoms with van der Waals surface area (Å²) in [6, 6.07) is 0.685. The molecule has 3 unspecified atom stereocenters. The summed E-state index contributed by atoms with van der Waals surface area (Å²) in [5.41, 5.74) is 0.398. The Labute approximate surface area is 115 Å². The van der Waals surface area contributed by atoms with Gasteiger partial charge in [0.2, 0.25) is 0 Å². The highest BCUT2D eigenvalue weighted by Gasteiger charge is 2.26. The van der Waals surface area contributed by atoms with Crippen molar-refractivity contribution in [3.63, 3.8) is 0 Å². The van der Waals surface area contributed by atoms with Crippen LogP contribution in [0.2, 0.25) is 0 Å². The number of hydrogen-bond donors (Lipinski definition) is 1. The van der Waals surface area contributed by atoms with Gasteiger partial charge >= 0.3 is 0 Å². The summed E-state index contributed by atoms with van der Waals surface area (Å²) in [5.74, 6) is 2.03. The van der Waals surface area contributed by atoms with Crippen LogP contribution in [0.5, 0.6) is 0 Å². The van der Waals surface area contributed by atoms with Crippen molar-refractivity contribution in [3.05, 3.63) is 0 Å². The Bertz CT molecular complexity index is 216. The molecule has 0 heterocycles. The summed E-state index contributed by atoms with van der Waals surface area (Å²) in [6.45, 7) is 12.8. The van der Waals surface area contributed by atoms with Crippen molar-refractivity contribution < 1.29 is 0 Å². The van der Waals surface area contributed by atoms with Crippen LogP contribution in [-0.4, -0.2) is 12.6 Å². The standard InChI is InChI=1S/C17H35N/c1-6-14-9-8-10-15(13-14)11-12-16(18-7-2)17(3,4)5/h14-16,18H,6-13H2,1-5H3. The summed E-state index contributed by atoms with van der Waals surface area (Å²) >= 11 is 0. The second-order valence-corrected chi connectivity index (χ2v) is 7.36. The zero-order valence-corrected chi connectivity index (χ0v) is 13.4. The highest BCUT2D eigenvalue weighted by molar-refractivity contribution is 4.82. The average Bonchev–Trinajstić information content (AvgIpc) is 2.33. The largest absolute Gasteiger partial charge is 0.314 e. The topological polar surface area (TPSA) is 12.0 Å². The smallest absolute Gasteiger partial charge is 0.0116 e. The van der Waals surface area contributed by atoms with Gasteiger partial charge in [0.25, 0.3) is 0 Å². The maximum atomic E-state index is 3.69. The average molecular weight is 253 g/mol. The van der Waals surface area contributed by atoms with Crippen molar-refractivity contribution >= 4 is 0 Å². The molecule has 0 aromatic heterocycles. The van der Waals surface area contributed by atoms with E-state index in [1.807, 2.05) is 0 Å². The van der Waals surface area contributed by atoms with Gasteiger partial charge < -0.3 is 5.32 Å². The molecule has 0 bridgehead atoms. The van der Waals surface area contributed by atoms with Gasteiger partial charge in [-0.25, -0.2) is 0 Å². The van der Waals surface area contributed by atoms with E-state index in [2.05, 4.69) is 39.9 Å². The van der Waals surface area contributed by atoms with Gasteiger partial charge in [-0.15, -0.1) is 0 Å². The molecule has 108 valence electrons. The van der Waals surface area contributed by atoms with E-state index in [-0.39, 0.29) is 0 Å². The summed E-state index contributed by atoms with van der Waals surface area (Å²) < 4.78 is 0. The van der Waals surface area contributed by atoms with Gasteiger partial charge in [-0.05, 0) is 43.1 Å². The molecule has 0 amide bonds. The zero-order chi connectivity index (χ0) is 13.6. The first kappa shape index (κ1) is 16.0. The maximum absolute atomic E-state index is 3.69. The van der Waals surface area contributed by atoms with E-state index in [1.54, 1.807) is 0 Å². The first-order valence-electron chi connectivity index (χ1n) is 8.20. The fourth-order valence-corrected chi connectivity index (χ4v) is 3.53. The molecule has 0 spiro atoms. The molecule has 1 rings (SSSR count). The molecule has 1 nitrogen and oxygen atoms in total. The van der Waals surface area contributed by atoms with Gasteiger partial charge in [0.05, 0.1) is 0 Å². The molecule has 0 aliphatic heterocycles. The summed E-state index contributed by atoms with van der Waals surface area (Å²) in [6.07, 6.45) is 10.1. The molecule has 0 aromatic rings. The van der Waals surface area contributed by atoms with E-state index in [9.17, 15) is 0 Å². The van der Waals surface area contributed by atoms with Crippen molar-refractivity contribution in [1.82, 2.24) is 5.32 Å². The summed E-state index contributed by atoms with van der Waals surface area (Å²) in [4.78, 5) is 0. The predicted octanol–water partition coefficient (Wildman–Crippen LogP) is 5.01. The Morgan fingerprint density at radius 1 is 1.11 bits per heavy atom. The van der Waals surface area contributed by atoms with Crippen molar-refractivity contribution in [3.8, 4) is 0 Å². The fraction of sp³-hybridized carbons (Fsp3) is 1.00. The Morgan fingerprint density at radius 3 is 2.33 bits per heavy atom. The maximum Gasteiger partial charge on any atom is 0.0116 e. The molecule has 0 radical (unpaired) electrons. The third kappa shape index (κ3) is 5.30. The Hall–Kier alpha value is -0.0400. The molecule has 18 heavy (non-hydrogen) atoms. The SMILES string of the molecule is CCNC(CCC1CCCC(CC)C1)C(C)(C)C. The first-order chi connectivity index (χ1) is 8.47. The molecule has 1 heteroatoms. The Kier molecular flexibility index (Phi) is 6.70. The lowest BCUT2D eigenvalue weighted by Crippen LogP contribution is -2.40. The third-order valence-corrected chi connectivity index (χ3v) is 4.83. The van der Waals surface area contributed by atoms with Gasteiger partial charge in [0.15, 0.2) is 0 Å². The fourth-order valence-electron chi connectivity index (χ4n) is 3.53. The number of nitrogens with one attached hydrogen (secondary N) is 1. The second-order valence-electron chi connectivity index (χ2n) is 7.36. The van der Waals surface area contributed by atoms with Crippen LogP contribution in [0.25, 0.3) is 0 Å². The molecular weight excluding hydrogens is 218 g/mol. The van der Waals surface area contributed by atoms with Gasteiger partial charge in [-0.2, -0.15) is 0 Å². The van der Waals surface area contributed by atoms with Crippen LogP contribution in [0, 0.1) is 17.3 Å². The molecule has 1 aliphatic carbocycles. The molecular formula is C17H35N. The lowest BCUT2D eigenvalue weighted by molar-refractivity contribution is 0.205. The van der Waals surface area contributed by atoms with Crippen LogP contribution >= 0.6 is 0 Å². The van der Waals surface area contributed by atoms with Gasteiger partial charge in [0.1, 0.15) is 0 Å². The van der Waals surface area contributed by atoms with E-state index < -0.39 is 0 Å². The van der Waals surface area contributed by atoms with Crippen LogP contribution < -0.4 is 5.32 Å². The van der Waals surface area contributed by atoms with Gasteiger partial charge in [-0.1, -0.05) is 60.3 Å². The van der Waals surface area contributed by atoms with Crippen molar-refractivity contribution in [2.24, 2.45) is 17.3 Å². The second kappa shape index (κ2) is 7.53. The zero-order valence-electron chi connectivity index (χ0n) is 13.4. The summed E-state index contributed by atoms with van der Waals surface area (Å²) in [7, 11) is 0. The number of rotatable bonds is 6. The van der Waals surface area contributed by atoms with Crippen LogP contribution in [0.1, 0.15) is 79.6 Å². The molecule has 1 aliphatic rings. The lowest BCUT2D eigenvalue weighted by atomic mass is 9.76. The highest BCUT2D eigenvalue weighted by Crippen LogP contribution is 2.35. The molecule has 0 saturated heterocycles. The van der Waals surface area contributed by atoms with E-state index >= 15 is 0 Å². The molecule has 1 fully saturated rings. The lowest BCUT2D eigenvalue weighted by Gasteiger charge is -2.34. The van der Waals surface area contributed by atoms with Crippen LogP contribution in [0.3, 0.4) is 0 Å². The first-order valence-corrected chi connectivity index (χ1v) is 8.20. The minimum atomic E-state index is 0.398. The minimum Gasteiger partial charge on any atom is -0.314 e. The normalized spacial score (nSPS) is 27.2. The molecule has 0 aromatic carbocycles. The van der Waals surface area contributed by atoms with Crippen molar-refractivity contribution in [2.75, 3.05) is 6.54 Å². The third-order valence-electron chi connectivity index (χ3n) is 4.83.